The van der Waals surface area contributed by atoms with Gasteiger partial charge < -0.3 is 48.7 Å². The second-order valence-corrected chi connectivity index (χ2v) is 6.84. The van der Waals surface area contributed by atoms with Crippen LogP contribution in [-0.2, 0) is 19.2 Å². The number of aliphatic carboxylic acids is 4. The molecule has 14 heteroatoms. The zero-order valence-electron chi connectivity index (χ0n) is 17.6. The third-order valence-electron chi connectivity index (χ3n) is 3.55. The summed E-state index contributed by atoms with van der Waals surface area (Å²) in [7, 11) is 0. The van der Waals surface area contributed by atoms with Crippen molar-refractivity contribution >= 4 is 36.5 Å². The number of hydrogen-bond donors (Lipinski definition) is 10. The molecule has 1 fully saturated rings. The van der Waals surface area contributed by atoms with E-state index in [2.05, 4.69) is 17.9 Å². The first-order valence-electron chi connectivity index (χ1n) is 9.53. The van der Waals surface area contributed by atoms with Crippen molar-refractivity contribution < 1.29 is 39.6 Å². The summed E-state index contributed by atoms with van der Waals surface area (Å²) in [5.41, 5.74) is 20.2. The van der Waals surface area contributed by atoms with Gasteiger partial charge in [0.15, 0.2) is 0 Å². The average Bonchev–Trinajstić information content (AvgIpc) is 3.24. The van der Waals surface area contributed by atoms with Gasteiger partial charge in [-0.25, -0.2) is 0 Å². The molecular weight excluding hydrogens is 434 g/mol. The summed E-state index contributed by atoms with van der Waals surface area (Å²) in [5.74, 6) is -3.43. The number of nitrogens with two attached hydrogens (primary N) is 4. The number of carbonyl (C=O) groups is 4. The van der Waals surface area contributed by atoms with E-state index in [9.17, 15) is 19.2 Å². The molecule has 0 unspecified atom stereocenters. The maximum Gasteiger partial charge on any atom is 0.321 e. The van der Waals surface area contributed by atoms with Crippen molar-refractivity contribution in [2.45, 2.75) is 63.2 Å². The summed E-state index contributed by atoms with van der Waals surface area (Å²) in [6.45, 7) is 2.88. The molecule has 0 saturated carbocycles. The molecule has 1 heterocycles. The fraction of sp³-hybridized carbons (Fsp3) is 0.765. The summed E-state index contributed by atoms with van der Waals surface area (Å²) in [4.78, 5) is 39.6. The van der Waals surface area contributed by atoms with Crippen LogP contribution in [0, 0.1) is 0 Å². The van der Waals surface area contributed by atoms with Crippen molar-refractivity contribution in [3.8, 4) is 0 Å². The van der Waals surface area contributed by atoms with Crippen molar-refractivity contribution in [3.63, 3.8) is 0 Å². The monoisotopic (exact) mass is 471 g/mol. The molecule has 0 aromatic carbocycles. The van der Waals surface area contributed by atoms with E-state index in [1.54, 1.807) is 0 Å². The van der Waals surface area contributed by atoms with Crippen LogP contribution in [0.15, 0.2) is 0 Å². The van der Waals surface area contributed by atoms with E-state index >= 15 is 0 Å². The maximum absolute atomic E-state index is 10.1. The molecule has 13 N–H and O–H groups in total. The molecular formula is C17H37N5O8S. The van der Waals surface area contributed by atoms with Crippen molar-refractivity contribution in [1.29, 1.82) is 0 Å². The second kappa shape index (κ2) is 21.3. The number of rotatable bonds is 9. The quantitative estimate of drug-likeness (QED) is 0.130. The molecule has 1 rings (SSSR count). The molecule has 4 atom stereocenters. The minimum atomic E-state index is -1.00. The predicted octanol–water partition coefficient (Wildman–Crippen LogP) is -1.90. The maximum atomic E-state index is 10.1. The minimum absolute atomic E-state index is 0.190. The van der Waals surface area contributed by atoms with Crippen LogP contribution in [0.3, 0.4) is 0 Å². The Morgan fingerprint density at radius 3 is 1.65 bits per heavy atom. The highest BCUT2D eigenvalue weighted by Gasteiger charge is 2.20. The van der Waals surface area contributed by atoms with Gasteiger partial charge in [0.2, 0.25) is 0 Å². The van der Waals surface area contributed by atoms with Crippen LogP contribution in [-0.4, -0.2) is 87.3 Å². The second-order valence-electron chi connectivity index (χ2n) is 6.47. The third-order valence-corrected chi connectivity index (χ3v) is 3.94. The van der Waals surface area contributed by atoms with Gasteiger partial charge >= 0.3 is 23.9 Å². The first-order chi connectivity index (χ1) is 14.3. The lowest BCUT2D eigenvalue weighted by Gasteiger charge is -2.03. The number of carboxylic acid groups (broad SMARTS) is 4. The third kappa shape index (κ3) is 24.2. The largest absolute Gasteiger partial charge is 0.480 e. The fourth-order valence-electron chi connectivity index (χ4n) is 1.61. The molecule has 31 heavy (non-hydrogen) atoms. The van der Waals surface area contributed by atoms with Crippen LogP contribution in [0.25, 0.3) is 0 Å². The Bertz CT molecular complexity index is 519. The van der Waals surface area contributed by atoms with Crippen LogP contribution >= 0.6 is 12.6 Å². The van der Waals surface area contributed by atoms with Crippen molar-refractivity contribution in [2.24, 2.45) is 22.9 Å². The van der Waals surface area contributed by atoms with E-state index in [1.165, 1.54) is 6.92 Å². The number of thiol groups is 1. The van der Waals surface area contributed by atoms with E-state index in [1.807, 2.05) is 0 Å². The highest BCUT2D eigenvalue weighted by molar-refractivity contribution is 7.80. The molecule has 1 aliphatic heterocycles. The Balaban J connectivity index is -0.000000343. The van der Waals surface area contributed by atoms with Crippen molar-refractivity contribution in [2.75, 3.05) is 18.8 Å². The van der Waals surface area contributed by atoms with E-state index in [4.69, 9.17) is 43.4 Å². The van der Waals surface area contributed by atoms with Crippen LogP contribution in [0.2, 0.25) is 0 Å². The normalized spacial score (nSPS) is 17.2. The van der Waals surface area contributed by atoms with Crippen LogP contribution in [0.5, 0.6) is 0 Å². The van der Waals surface area contributed by atoms with E-state index in [0.29, 0.717) is 13.0 Å². The standard InChI is InChI=1S/C6H14N2O2.C5H9NO2.C3H7NO2S.C3H7NO2/c7-4-2-1-3-5(8)6(9)10;7-5(8)4-2-1-3-6-4;4-2(1-7)3(5)6;1-2(4)3(5)6/h5H,1-4,7-8H2,(H,9,10);4,6H,1-3H2,(H,7,8);2,7H,1,4H2,(H,5,6);2H,4H2,1H3,(H,5,6)/t5-;4-;2*2-/m0000/s1. The van der Waals surface area contributed by atoms with E-state index in [-0.39, 0.29) is 11.8 Å². The Hall–Kier alpha value is -1.97. The van der Waals surface area contributed by atoms with E-state index < -0.39 is 42.0 Å². The van der Waals surface area contributed by atoms with Gasteiger partial charge in [-0.1, -0.05) is 6.42 Å². The number of unbranched alkanes of at least 4 members (excludes halogenated alkanes) is 1. The smallest absolute Gasteiger partial charge is 0.321 e. The Morgan fingerprint density at radius 1 is 0.968 bits per heavy atom. The van der Waals surface area contributed by atoms with Gasteiger partial charge in [-0.05, 0) is 45.7 Å². The van der Waals surface area contributed by atoms with Gasteiger partial charge in [0.1, 0.15) is 24.2 Å². The van der Waals surface area contributed by atoms with E-state index in [0.717, 1.165) is 32.2 Å². The summed E-state index contributed by atoms with van der Waals surface area (Å²) < 4.78 is 0. The minimum Gasteiger partial charge on any atom is -0.480 e. The lowest BCUT2D eigenvalue weighted by Crippen LogP contribution is -2.31. The summed E-state index contributed by atoms with van der Waals surface area (Å²) in [6, 6.07) is -2.53. The van der Waals surface area contributed by atoms with Gasteiger partial charge in [0, 0.05) is 5.75 Å². The van der Waals surface area contributed by atoms with Crippen LogP contribution in [0.1, 0.15) is 39.0 Å². The molecule has 0 amide bonds. The summed E-state index contributed by atoms with van der Waals surface area (Å²) >= 11 is 3.65. The SMILES string of the molecule is C[C@H](N)C(=O)O.NCCCC[C@H](N)C(=O)O.N[C@@H](CS)C(=O)O.O=C(O)[C@@H]1CCCN1. The summed E-state index contributed by atoms with van der Waals surface area (Å²) in [6.07, 6.45) is 3.95. The van der Waals surface area contributed by atoms with Gasteiger partial charge in [-0.15, -0.1) is 0 Å². The Labute approximate surface area is 186 Å². The first kappa shape index (κ1) is 33.7. The topological polar surface area (TPSA) is 265 Å². The number of nitrogens with one attached hydrogen (secondary N) is 1. The first-order valence-corrected chi connectivity index (χ1v) is 10.2. The molecule has 1 saturated heterocycles. The van der Waals surface area contributed by atoms with Crippen LogP contribution < -0.4 is 28.3 Å². The lowest BCUT2D eigenvalue weighted by molar-refractivity contribution is -0.139. The Morgan fingerprint density at radius 2 is 1.45 bits per heavy atom. The number of hydrogen-bond acceptors (Lipinski definition) is 10. The van der Waals surface area contributed by atoms with Gasteiger partial charge in [-0.3, -0.25) is 19.2 Å². The van der Waals surface area contributed by atoms with Gasteiger partial charge in [0.05, 0.1) is 0 Å². The predicted molar refractivity (Wildman–Crippen MR) is 118 cm³/mol. The van der Waals surface area contributed by atoms with Gasteiger partial charge in [-0.2, -0.15) is 12.6 Å². The fourth-order valence-corrected chi connectivity index (χ4v) is 1.76. The van der Waals surface area contributed by atoms with Gasteiger partial charge in [0.25, 0.3) is 0 Å². The molecule has 0 bridgehead atoms. The molecule has 0 aromatic heterocycles. The molecule has 0 aromatic rings. The lowest BCUT2D eigenvalue weighted by atomic mass is 10.1. The molecule has 13 nitrogen and oxygen atoms in total. The highest BCUT2D eigenvalue weighted by Crippen LogP contribution is 2.03. The molecule has 0 spiro atoms. The van der Waals surface area contributed by atoms with Crippen molar-refractivity contribution in [1.82, 2.24) is 5.32 Å². The van der Waals surface area contributed by atoms with Crippen molar-refractivity contribution in [3.05, 3.63) is 0 Å². The number of carboxylic acids is 4. The molecule has 0 aliphatic carbocycles. The highest BCUT2D eigenvalue weighted by atomic mass is 32.1. The Kier molecular flexibility index (Phi) is 23.1. The zero-order valence-corrected chi connectivity index (χ0v) is 18.5. The van der Waals surface area contributed by atoms with Crippen LogP contribution in [0.4, 0.5) is 0 Å². The molecule has 184 valence electrons. The summed E-state index contributed by atoms with van der Waals surface area (Å²) in [5, 5.41) is 35.4. The molecule has 1 aliphatic rings. The molecule has 0 radical (unpaired) electrons. The average molecular weight is 472 g/mol. The zero-order chi connectivity index (χ0) is 25.0.